The zero-order valence-corrected chi connectivity index (χ0v) is 17.8. The normalized spacial score (nSPS) is 11.5. The van der Waals surface area contributed by atoms with E-state index in [2.05, 4.69) is 10.1 Å². The lowest BCUT2D eigenvalue weighted by atomic mass is 10.1. The average Bonchev–Trinajstić information content (AvgIpc) is 3.17. The molecular formula is C22H20N4O4S. The molecule has 158 valence electrons. The van der Waals surface area contributed by atoms with Gasteiger partial charge < -0.3 is 15.2 Å². The van der Waals surface area contributed by atoms with Crippen LogP contribution in [0.25, 0.3) is 10.9 Å². The summed E-state index contributed by atoms with van der Waals surface area (Å²) in [5, 5.41) is 4.71. The van der Waals surface area contributed by atoms with Crippen LogP contribution in [0.5, 0.6) is 0 Å². The Morgan fingerprint density at radius 2 is 1.84 bits per heavy atom. The van der Waals surface area contributed by atoms with E-state index in [4.69, 9.17) is 10.3 Å². The van der Waals surface area contributed by atoms with Gasteiger partial charge in [0.2, 0.25) is 0 Å². The molecule has 8 nitrogen and oxygen atoms in total. The highest BCUT2D eigenvalue weighted by Crippen LogP contribution is 2.29. The molecule has 4 rings (SSSR count). The molecule has 0 aliphatic rings. The van der Waals surface area contributed by atoms with Gasteiger partial charge in [-0.05, 0) is 42.8 Å². The van der Waals surface area contributed by atoms with E-state index >= 15 is 0 Å². The van der Waals surface area contributed by atoms with Crippen molar-refractivity contribution in [1.82, 2.24) is 10.1 Å². The molecule has 9 heteroatoms. The number of amides is 1. The summed E-state index contributed by atoms with van der Waals surface area (Å²) in [5.41, 5.74) is 7.58. The largest absolute Gasteiger partial charge is 0.384 e. The fourth-order valence-electron chi connectivity index (χ4n) is 3.32. The van der Waals surface area contributed by atoms with E-state index in [1.807, 2.05) is 24.3 Å². The number of sulfone groups is 1. The first-order chi connectivity index (χ1) is 14.7. The molecule has 2 aromatic carbocycles. The van der Waals surface area contributed by atoms with Gasteiger partial charge in [0, 0.05) is 17.7 Å². The van der Waals surface area contributed by atoms with Gasteiger partial charge in [0.05, 0.1) is 22.6 Å². The van der Waals surface area contributed by atoms with Gasteiger partial charge in [0.25, 0.3) is 5.91 Å². The fourth-order valence-corrected chi connectivity index (χ4v) is 4.21. The molecule has 0 unspecified atom stereocenters. The number of benzene rings is 2. The van der Waals surface area contributed by atoms with Crippen LogP contribution in [0.2, 0.25) is 0 Å². The van der Waals surface area contributed by atoms with Crippen molar-refractivity contribution < 1.29 is 17.7 Å². The van der Waals surface area contributed by atoms with Crippen LogP contribution < -0.4 is 10.6 Å². The highest BCUT2D eigenvalue weighted by molar-refractivity contribution is 7.90. The lowest BCUT2D eigenvalue weighted by Crippen LogP contribution is -2.32. The maximum absolute atomic E-state index is 13.3. The van der Waals surface area contributed by atoms with E-state index in [1.54, 1.807) is 31.2 Å². The van der Waals surface area contributed by atoms with Crippen LogP contribution in [0, 0.1) is 6.92 Å². The first-order valence-corrected chi connectivity index (χ1v) is 11.3. The number of carbonyl (C=O) groups excluding carboxylic acids is 1. The van der Waals surface area contributed by atoms with Crippen LogP contribution in [0.4, 0.5) is 11.5 Å². The molecular weight excluding hydrogens is 416 g/mol. The van der Waals surface area contributed by atoms with Crippen molar-refractivity contribution in [3.05, 3.63) is 77.7 Å². The number of nitrogen functional groups attached to an aromatic ring is 1. The summed E-state index contributed by atoms with van der Waals surface area (Å²) < 4.78 is 29.8. The second-order valence-corrected chi connectivity index (χ2v) is 9.20. The topological polar surface area (TPSA) is 119 Å². The quantitative estimate of drug-likeness (QED) is 0.509. The maximum atomic E-state index is 13.3. The van der Waals surface area contributed by atoms with Gasteiger partial charge in [-0.3, -0.25) is 4.79 Å². The molecule has 0 radical (unpaired) electrons. The predicted octanol–water partition coefficient (Wildman–Crippen LogP) is 3.36. The molecule has 0 aliphatic carbocycles. The monoisotopic (exact) mass is 436 g/mol. The molecule has 31 heavy (non-hydrogen) atoms. The summed E-state index contributed by atoms with van der Waals surface area (Å²) in [5.74, 6) is 0.386. The molecule has 0 saturated carbocycles. The van der Waals surface area contributed by atoms with Crippen LogP contribution in [-0.4, -0.2) is 30.7 Å². The third-order valence-electron chi connectivity index (χ3n) is 4.77. The number of anilines is 2. The zero-order valence-electron chi connectivity index (χ0n) is 16.9. The highest BCUT2D eigenvalue weighted by atomic mass is 32.2. The van der Waals surface area contributed by atoms with Crippen molar-refractivity contribution in [2.75, 3.05) is 16.9 Å². The molecule has 1 amide bonds. The smallest absolute Gasteiger partial charge is 0.280 e. The fraction of sp³-hybridized carbons (Fsp3) is 0.136. The third-order valence-corrected chi connectivity index (χ3v) is 5.91. The Labute approximate surface area is 179 Å². The summed E-state index contributed by atoms with van der Waals surface area (Å²) in [6.45, 7) is 1.78. The molecule has 4 aromatic rings. The van der Waals surface area contributed by atoms with Crippen LogP contribution in [0.3, 0.4) is 0 Å². The van der Waals surface area contributed by atoms with Crippen molar-refractivity contribution in [3.63, 3.8) is 0 Å². The number of aromatic nitrogens is 2. The number of pyridine rings is 1. The average molecular weight is 436 g/mol. The molecule has 0 saturated heterocycles. The van der Waals surface area contributed by atoms with Crippen molar-refractivity contribution in [3.8, 4) is 0 Å². The first-order valence-electron chi connectivity index (χ1n) is 9.42. The van der Waals surface area contributed by atoms with E-state index in [0.717, 1.165) is 17.2 Å². The summed E-state index contributed by atoms with van der Waals surface area (Å²) >= 11 is 0. The molecule has 2 heterocycles. The lowest BCUT2D eigenvalue weighted by molar-refractivity contribution is 0.0976. The second kappa shape index (κ2) is 7.84. The minimum atomic E-state index is -3.59. The Bertz CT molecular complexity index is 1400. The lowest BCUT2D eigenvalue weighted by Gasteiger charge is -2.24. The number of nitrogens with zero attached hydrogens (tertiary/aromatic N) is 3. The SMILES string of the molecule is Cc1cc(C(=O)N(Cc2ccc3ccc(N)nc3c2)c2ccccc2S(C)(=O)=O)no1. The maximum Gasteiger partial charge on any atom is 0.280 e. The van der Waals surface area contributed by atoms with Crippen molar-refractivity contribution in [1.29, 1.82) is 0 Å². The summed E-state index contributed by atoms with van der Waals surface area (Å²) in [4.78, 5) is 19.1. The van der Waals surface area contributed by atoms with Gasteiger partial charge >= 0.3 is 0 Å². The molecule has 2 N–H and O–H groups in total. The number of carbonyl (C=O) groups is 1. The van der Waals surface area contributed by atoms with Gasteiger partial charge in [-0.2, -0.15) is 0 Å². The summed E-state index contributed by atoms with van der Waals surface area (Å²) in [7, 11) is -3.59. The molecule has 0 aliphatic heterocycles. The number of fused-ring (bicyclic) bond motifs is 1. The Kier molecular flexibility index (Phi) is 5.20. The summed E-state index contributed by atoms with van der Waals surface area (Å²) in [6.07, 6.45) is 1.11. The predicted molar refractivity (Wildman–Crippen MR) is 117 cm³/mol. The number of nitrogens with two attached hydrogens (primary N) is 1. The van der Waals surface area contributed by atoms with Crippen LogP contribution in [-0.2, 0) is 16.4 Å². The Morgan fingerprint density at radius 1 is 1.10 bits per heavy atom. The number of para-hydroxylation sites is 1. The first kappa shape index (κ1) is 20.5. The molecule has 0 bridgehead atoms. The standard InChI is InChI=1S/C22H20N4O4S/c1-14-11-18(25-30-14)22(27)26(19-5-3-4-6-20(19)31(2,28)29)13-15-7-8-16-9-10-21(23)24-17(16)12-15/h3-12H,13H2,1-2H3,(H2,23,24). The number of hydrogen-bond acceptors (Lipinski definition) is 7. The van der Waals surface area contributed by atoms with Crippen molar-refractivity contribution >= 4 is 38.2 Å². The minimum absolute atomic E-state index is 0.0479. The van der Waals surface area contributed by atoms with Gasteiger partial charge in [0.1, 0.15) is 11.6 Å². The minimum Gasteiger partial charge on any atom is -0.384 e. The third kappa shape index (κ3) is 4.26. The Balaban J connectivity index is 1.83. The van der Waals surface area contributed by atoms with Crippen molar-refractivity contribution in [2.45, 2.75) is 18.4 Å². The zero-order chi connectivity index (χ0) is 22.2. The highest BCUT2D eigenvalue weighted by Gasteiger charge is 2.26. The van der Waals surface area contributed by atoms with E-state index in [0.29, 0.717) is 17.1 Å². The molecule has 0 spiro atoms. The van der Waals surface area contributed by atoms with Crippen LogP contribution in [0.1, 0.15) is 21.8 Å². The van der Waals surface area contributed by atoms with Gasteiger partial charge in [0.15, 0.2) is 15.5 Å². The van der Waals surface area contributed by atoms with Gasteiger partial charge in [-0.1, -0.05) is 29.4 Å². The van der Waals surface area contributed by atoms with E-state index < -0.39 is 15.7 Å². The molecule has 0 atom stereocenters. The van der Waals surface area contributed by atoms with Crippen molar-refractivity contribution in [2.24, 2.45) is 0 Å². The summed E-state index contributed by atoms with van der Waals surface area (Å²) in [6, 6.07) is 17.0. The van der Waals surface area contributed by atoms with Gasteiger partial charge in [-0.25, -0.2) is 13.4 Å². The van der Waals surface area contributed by atoms with E-state index in [1.165, 1.54) is 17.0 Å². The molecule has 0 fully saturated rings. The Morgan fingerprint density at radius 3 is 2.55 bits per heavy atom. The second-order valence-electron chi connectivity index (χ2n) is 7.22. The number of hydrogen-bond donors (Lipinski definition) is 1. The molecule has 2 aromatic heterocycles. The number of rotatable bonds is 5. The van der Waals surface area contributed by atoms with Gasteiger partial charge in [-0.15, -0.1) is 0 Å². The van der Waals surface area contributed by atoms with Crippen LogP contribution in [0.15, 0.2) is 70.1 Å². The van der Waals surface area contributed by atoms with Crippen LogP contribution >= 0.6 is 0 Å². The van der Waals surface area contributed by atoms with E-state index in [-0.39, 0.29) is 22.8 Å². The van der Waals surface area contributed by atoms with E-state index in [9.17, 15) is 13.2 Å². The Hall–Kier alpha value is -3.72. The number of aryl methyl sites for hydroxylation is 1.